The van der Waals surface area contributed by atoms with Crippen LogP contribution in [0.5, 0.6) is 0 Å². The molecule has 0 aromatic heterocycles. The van der Waals surface area contributed by atoms with Gasteiger partial charge in [0.05, 0.1) is 0 Å². The van der Waals surface area contributed by atoms with Gasteiger partial charge in [0.1, 0.15) is 11.6 Å². The van der Waals surface area contributed by atoms with Crippen molar-refractivity contribution >= 4 is 0 Å². The summed E-state index contributed by atoms with van der Waals surface area (Å²) in [6.07, 6.45) is 1.36. The fraction of sp³-hybridized carbons (Fsp3) is 0.333. The lowest BCUT2D eigenvalue weighted by Gasteiger charge is -2.18. The first-order valence-corrected chi connectivity index (χ1v) is 10.5. The molecule has 0 fully saturated rings. The van der Waals surface area contributed by atoms with Crippen LogP contribution in [0.3, 0.4) is 0 Å². The smallest absolute Gasteiger partial charge is 0.129 e. The van der Waals surface area contributed by atoms with Gasteiger partial charge in [-0.2, -0.15) is 0 Å². The fourth-order valence-electron chi connectivity index (χ4n) is 3.94. The van der Waals surface area contributed by atoms with Crippen molar-refractivity contribution in [2.75, 3.05) is 0 Å². The molecule has 2 unspecified atom stereocenters. The number of halogens is 2. The molecular formula is C27H30F2. The first-order chi connectivity index (χ1) is 13.8. The Labute approximate surface area is 173 Å². The number of hydrogen-bond donors (Lipinski definition) is 0. The topological polar surface area (TPSA) is 0 Å². The molecular weight excluding hydrogens is 362 g/mol. The fourth-order valence-corrected chi connectivity index (χ4v) is 3.94. The molecule has 0 aliphatic carbocycles. The van der Waals surface area contributed by atoms with Gasteiger partial charge < -0.3 is 0 Å². The van der Waals surface area contributed by atoms with Crippen LogP contribution in [-0.2, 0) is 12.8 Å². The first-order valence-electron chi connectivity index (χ1n) is 10.5. The van der Waals surface area contributed by atoms with E-state index in [0.717, 1.165) is 17.5 Å². The van der Waals surface area contributed by atoms with Gasteiger partial charge >= 0.3 is 0 Å². The second kappa shape index (κ2) is 9.35. The molecule has 2 heteroatoms. The van der Waals surface area contributed by atoms with Crippen LogP contribution in [0.4, 0.5) is 8.78 Å². The summed E-state index contributed by atoms with van der Waals surface area (Å²) in [4.78, 5) is 0. The Morgan fingerprint density at radius 1 is 0.690 bits per heavy atom. The minimum absolute atomic E-state index is 0.0495. The molecule has 0 spiro atoms. The summed E-state index contributed by atoms with van der Waals surface area (Å²) in [5.74, 6) is 0.244. The predicted molar refractivity (Wildman–Crippen MR) is 118 cm³/mol. The third kappa shape index (κ3) is 5.32. The van der Waals surface area contributed by atoms with Crippen molar-refractivity contribution in [1.29, 1.82) is 0 Å². The lowest BCUT2D eigenvalue weighted by Crippen LogP contribution is -2.07. The number of benzene rings is 3. The van der Waals surface area contributed by atoms with Crippen LogP contribution in [0.2, 0.25) is 0 Å². The van der Waals surface area contributed by atoms with Crippen molar-refractivity contribution in [3.05, 3.63) is 106 Å². The Balaban J connectivity index is 1.78. The average Bonchev–Trinajstić information content (AvgIpc) is 2.69. The van der Waals surface area contributed by atoms with Gasteiger partial charge in [0.15, 0.2) is 0 Å². The summed E-state index contributed by atoms with van der Waals surface area (Å²) in [6.45, 7) is 8.47. The van der Waals surface area contributed by atoms with E-state index in [1.54, 1.807) is 6.07 Å². The summed E-state index contributed by atoms with van der Waals surface area (Å²) < 4.78 is 28.8. The van der Waals surface area contributed by atoms with Crippen LogP contribution in [0.15, 0.2) is 66.7 Å². The van der Waals surface area contributed by atoms with Crippen LogP contribution in [0.1, 0.15) is 73.3 Å². The lowest BCUT2D eigenvalue weighted by molar-refractivity contribution is 0.563. The van der Waals surface area contributed by atoms with Gasteiger partial charge in [0.2, 0.25) is 0 Å². The van der Waals surface area contributed by atoms with Gasteiger partial charge in [-0.1, -0.05) is 82.3 Å². The van der Waals surface area contributed by atoms with Crippen molar-refractivity contribution < 1.29 is 8.78 Å². The molecule has 0 aliphatic heterocycles. The molecule has 0 nitrogen and oxygen atoms in total. The molecule has 0 saturated heterocycles. The molecule has 2 atom stereocenters. The summed E-state index contributed by atoms with van der Waals surface area (Å²) in [5, 5.41) is 0. The maximum absolute atomic E-state index is 15.3. The number of rotatable bonds is 7. The van der Waals surface area contributed by atoms with Gasteiger partial charge in [-0.3, -0.25) is 0 Å². The van der Waals surface area contributed by atoms with Crippen LogP contribution in [0, 0.1) is 11.6 Å². The van der Waals surface area contributed by atoms with Gasteiger partial charge in [-0.25, -0.2) is 8.78 Å². The Morgan fingerprint density at radius 3 is 2.10 bits per heavy atom. The zero-order valence-corrected chi connectivity index (χ0v) is 17.8. The summed E-state index contributed by atoms with van der Waals surface area (Å²) in [7, 11) is 0. The van der Waals surface area contributed by atoms with Gasteiger partial charge in [-0.05, 0) is 70.5 Å². The van der Waals surface area contributed by atoms with E-state index in [-0.39, 0.29) is 23.5 Å². The van der Waals surface area contributed by atoms with Crippen molar-refractivity contribution in [1.82, 2.24) is 0 Å². The van der Waals surface area contributed by atoms with E-state index in [1.807, 2.05) is 31.2 Å². The molecule has 0 radical (unpaired) electrons. The largest absolute Gasteiger partial charge is 0.207 e. The van der Waals surface area contributed by atoms with Crippen molar-refractivity contribution in [3.8, 4) is 0 Å². The average molecular weight is 393 g/mol. The highest BCUT2D eigenvalue weighted by Crippen LogP contribution is 2.29. The summed E-state index contributed by atoms with van der Waals surface area (Å²) >= 11 is 0. The quantitative estimate of drug-likeness (QED) is 0.385. The maximum Gasteiger partial charge on any atom is 0.129 e. The molecule has 0 heterocycles. The molecule has 3 aromatic carbocycles. The highest BCUT2D eigenvalue weighted by atomic mass is 19.1. The highest BCUT2D eigenvalue weighted by Gasteiger charge is 2.17. The Hall–Kier alpha value is -2.48. The highest BCUT2D eigenvalue weighted by molar-refractivity contribution is 5.33. The lowest BCUT2D eigenvalue weighted by atomic mass is 9.88. The standard InChI is InChI=1S/C27H30F2/c1-18(2)22-9-5-8-21(16-22)14-20(4)26-13-7-11-24(27(26)29)15-19(3)23-10-6-12-25(28)17-23/h5-13,16-20H,14-15H2,1-4H3. The summed E-state index contributed by atoms with van der Waals surface area (Å²) in [5.41, 5.74) is 4.90. The molecule has 0 N–H and O–H groups in total. The molecule has 3 rings (SSSR count). The van der Waals surface area contributed by atoms with Gasteiger partial charge in [-0.15, -0.1) is 0 Å². The van der Waals surface area contributed by atoms with Crippen molar-refractivity contribution in [2.24, 2.45) is 0 Å². The van der Waals surface area contributed by atoms with Crippen LogP contribution < -0.4 is 0 Å². The van der Waals surface area contributed by atoms with Gasteiger partial charge in [0, 0.05) is 0 Å². The molecule has 0 saturated carbocycles. The molecule has 29 heavy (non-hydrogen) atoms. The Morgan fingerprint density at radius 2 is 1.38 bits per heavy atom. The predicted octanol–water partition coefficient (Wildman–Crippen LogP) is 7.78. The van der Waals surface area contributed by atoms with E-state index in [4.69, 9.17) is 0 Å². The first kappa shape index (κ1) is 21.2. The second-order valence-electron chi connectivity index (χ2n) is 8.49. The SMILES string of the molecule is CC(C)c1cccc(CC(C)c2cccc(CC(C)c3cccc(F)c3)c2F)c1. The summed E-state index contributed by atoms with van der Waals surface area (Å²) in [6, 6.07) is 20.9. The van der Waals surface area contributed by atoms with E-state index >= 15 is 4.39 Å². The van der Waals surface area contributed by atoms with E-state index < -0.39 is 0 Å². The van der Waals surface area contributed by atoms with Crippen molar-refractivity contribution in [2.45, 2.75) is 58.3 Å². The normalized spacial score (nSPS) is 13.5. The minimum Gasteiger partial charge on any atom is -0.207 e. The zero-order valence-electron chi connectivity index (χ0n) is 17.8. The third-order valence-corrected chi connectivity index (χ3v) is 5.74. The monoisotopic (exact) mass is 392 g/mol. The molecule has 3 aromatic rings. The zero-order chi connectivity index (χ0) is 21.0. The maximum atomic E-state index is 15.3. The Bertz CT molecular complexity index is 958. The van der Waals surface area contributed by atoms with Crippen LogP contribution >= 0.6 is 0 Å². The minimum atomic E-state index is -0.249. The second-order valence-corrected chi connectivity index (χ2v) is 8.49. The molecule has 0 bridgehead atoms. The van der Waals surface area contributed by atoms with E-state index in [1.165, 1.54) is 23.3 Å². The van der Waals surface area contributed by atoms with E-state index in [0.29, 0.717) is 17.9 Å². The van der Waals surface area contributed by atoms with Crippen molar-refractivity contribution in [3.63, 3.8) is 0 Å². The van der Waals surface area contributed by atoms with Crippen LogP contribution in [-0.4, -0.2) is 0 Å². The van der Waals surface area contributed by atoms with Crippen LogP contribution in [0.25, 0.3) is 0 Å². The van der Waals surface area contributed by atoms with Gasteiger partial charge in [0.25, 0.3) is 0 Å². The molecule has 0 aliphatic rings. The number of hydrogen-bond acceptors (Lipinski definition) is 0. The van der Waals surface area contributed by atoms with E-state index in [2.05, 4.69) is 45.0 Å². The third-order valence-electron chi connectivity index (χ3n) is 5.74. The molecule has 0 amide bonds. The Kier molecular flexibility index (Phi) is 6.84. The van der Waals surface area contributed by atoms with E-state index in [9.17, 15) is 4.39 Å². The molecule has 152 valence electrons.